The molecule has 1 heterocycles. The molecule has 0 spiro atoms. The summed E-state index contributed by atoms with van der Waals surface area (Å²) in [4.78, 5) is 14.0. The number of likely N-dealkylation sites (N-methyl/N-ethyl adjacent to an activating group) is 1. The molecule has 1 aromatic carbocycles. The minimum atomic E-state index is -0.511. The fraction of sp³-hybridized carbons (Fsp3) is 0.533. The monoisotopic (exact) mass is 278 g/mol. The van der Waals surface area contributed by atoms with Crippen LogP contribution in [0.3, 0.4) is 0 Å². The zero-order valence-corrected chi connectivity index (χ0v) is 12.0. The third kappa shape index (κ3) is 3.29. The second-order valence-electron chi connectivity index (χ2n) is 5.09. The van der Waals surface area contributed by atoms with Gasteiger partial charge in [-0.1, -0.05) is 13.0 Å². The van der Waals surface area contributed by atoms with E-state index in [0.717, 1.165) is 6.42 Å². The second kappa shape index (κ2) is 6.72. The number of amides is 1. The predicted molar refractivity (Wildman–Crippen MR) is 77.0 cm³/mol. The van der Waals surface area contributed by atoms with Crippen molar-refractivity contribution in [1.29, 1.82) is 0 Å². The van der Waals surface area contributed by atoms with E-state index in [2.05, 4.69) is 5.32 Å². The summed E-state index contributed by atoms with van der Waals surface area (Å²) in [5.74, 6) is 0.607. The normalized spacial score (nSPS) is 21.8. The molecule has 0 bridgehead atoms. The maximum atomic E-state index is 12.4. The number of hydrogen-bond acceptors (Lipinski definition) is 4. The highest BCUT2D eigenvalue weighted by molar-refractivity contribution is 5.94. The molecule has 1 saturated heterocycles. The number of aliphatic hydroxyl groups excluding tert-OH is 1. The van der Waals surface area contributed by atoms with E-state index in [1.165, 1.54) is 0 Å². The van der Waals surface area contributed by atoms with Crippen LogP contribution in [0.4, 0.5) is 0 Å². The first-order chi connectivity index (χ1) is 9.63. The molecule has 110 valence electrons. The van der Waals surface area contributed by atoms with E-state index >= 15 is 0 Å². The first-order valence-electron chi connectivity index (χ1n) is 7.02. The van der Waals surface area contributed by atoms with Crippen LogP contribution in [0.15, 0.2) is 24.3 Å². The van der Waals surface area contributed by atoms with Gasteiger partial charge in [0, 0.05) is 25.7 Å². The van der Waals surface area contributed by atoms with Gasteiger partial charge in [-0.25, -0.2) is 0 Å². The summed E-state index contributed by atoms with van der Waals surface area (Å²) in [5.41, 5.74) is 0.584. The van der Waals surface area contributed by atoms with Crippen LogP contribution in [-0.2, 0) is 0 Å². The van der Waals surface area contributed by atoms with Gasteiger partial charge in [0.1, 0.15) is 5.75 Å². The van der Waals surface area contributed by atoms with Crippen LogP contribution >= 0.6 is 0 Å². The molecule has 1 amide bonds. The number of hydrogen-bond donors (Lipinski definition) is 2. The van der Waals surface area contributed by atoms with Gasteiger partial charge < -0.3 is 20.1 Å². The smallest absolute Gasteiger partial charge is 0.254 e. The van der Waals surface area contributed by atoms with Crippen molar-refractivity contribution in [2.24, 2.45) is 0 Å². The molecule has 1 aliphatic rings. The van der Waals surface area contributed by atoms with Gasteiger partial charge in [0.2, 0.25) is 0 Å². The zero-order valence-electron chi connectivity index (χ0n) is 12.0. The third-order valence-electron chi connectivity index (χ3n) is 3.52. The lowest BCUT2D eigenvalue weighted by molar-refractivity contribution is 0.0581. The van der Waals surface area contributed by atoms with E-state index in [1.54, 1.807) is 24.1 Å². The fourth-order valence-corrected chi connectivity index (χ4v) is 2.34. The van der Waals surface area contributed by atoms with Gasteiger partial charge in [-0.2, -0.15) is 0 Å². The number of rotatable bonds is 5. The Labute approximate surface area is 119 Å². The van der Waals surface area contributed by atoms with E-state index in [9.17, 15) is 9.90 Å². The van der Waals surface area contributed by atoms with E-state index in [-0.39, 0.29) is 11.9 Å². The standard InChI is InChI=1S/C15H22N2O3/c1-3-7-20-12-6-4-5-11(8-12)15(19)17(2)13-9-16-10-14(13)18/h4-6,8,13-14,16,18H,3,7,9-10H2,1-2H3/t13-,14-/m1/s1. The number of β-amino-alcohol motifs (C(OH)–C–C–N with tert-alkyl or cyclic N) is 1. The summed E-state index contributed by atoms with van der Waals surface area (Å²) >= 11 is 0. The Bertz CT molecular complexity index is 464. The Morgan fingerprint density at radius 2 is 2.30 bits per heavy atom. The Morgan fingerprint density at radius 1 is 1.50 bits per heavy atom. The molecule has 20 heavy (non-hydrogen) atoms. The molecule has 0 unspecified atom stereocenters. The Balaban J connectivity index is 2.08. The van der Waals surface area contributed by atoms with Gasteiger partial charge in [-0.3, -0.25) is 4.79 Å². The lowest BCUT2D eigenvalue weighted by atomic mass is 10.1. The summed E-state index contributed by atoms with van der Waals surface area (Å²) < 4.78 is 5.54. The van der Waals surface area contributed by atoms with Crippen molar-refractivity contribution in [2.45, 2.75) is 25.5 Å². The number of nitrogens with one attached hydrogen (secondary N) is 1. The molecule has 0 aliphatic carbocycles. The summed E-state index contributed by atoms with van der Waals surface area (Å²) in [5, 5.41) is 12.9. The molecule has 2 atom stereocenters. The first-order valence-corrected chi connectivity index (χ1v) is 7.02. The number of carbonyl (C=O) groups excluding carboxylic acids is 1. The Hall–Kier alpha value is -1.59. The average molecular weight is 278 g/mol. The third-order valence-corrected chi connectivity index (χ3v) is 3.52. The molecule has 1 aliphatic heterocycles. The predicted octanol–water partition coefficient (Wildman–Crippen LogP) is 0.880. The molecule has 1 aromatic rings. The molecule has 2 N–H and O–H groups in total. The van der Waals surface area contributed by atoms with Crippen LogP contribution in [0.5, 0.6) is 5.75 Å². The number of nitrogens with zero attached hydrogens (tertiary/aromatic N) is 1. The first kappa shape index (κ1) is 14.8. The molecule has 0 saturated carbocycles. The topological polar surface area (TPSA) is 61.8 Å². The summed E-state index contributed by atoms with van der Waals surface area (Å²) in [6, 6.07) is 7.01. The van der Waals surface area contributed by atoms with E-state index in [1.807, 2.05) is 19.1 Å². The number of benzene rings is 1. The molecule has 2 rings (SSSR count). The maximum absolute atomic E-state index is 12.4. The van der Waals surface area contributed by atoms with Crippen molar-refractivity contribution in [2.75, 3.05) is 26.7 Å². The van der Waals surface area contributed by atoms with Gasteiger partial charge in [-0.15, -0.1) is 0 Å². The van der Waals surface area contributed by atoms with Crippen LogP contribution < -0.4 is 10.1 Å². The van der Waals surface area contributed by atoms with Crippen molar-refractivity contribution in [3.63, 3.8) is 0 Å². The SMILES string of the molecule is CCCOc1cccc(C(=O)N(C)[C@@H]2CNC[C@H]2O)c1. The zero-order chi connectivity index (χ0) is 14.5. The van der Waals surface area contributed by atoms with Gasteiger partial charge in [0.05, 0.1) is 18.8 Å². The van der Waals surface area contributed by atoms with Crippen molar-refractivity contribution < 1.29 is 14.6 Å². The van der Waals surface area contributed by atoms with E-state index < -0.39 is 6.10 Å². The van der Waals surface area contributed by atoms with E-state index in [0.29, 0.717) is 31.0 Å². The number of aliphatic hydroxyl groups is 1. The molecule has 5 heteroatoms. The van der Waals surface area contributed by atoms with Crippen molar-refractivity contribution >= 4 is 5.91 Å². The minimum Gasteiger partial charge on any atom is -0.494 e. The lowest BCUT2D eigenvalue weighted by Crippen LogP contribution is -2.44. The number of ether oxygens (including phenoxy) is 1. The quantitative estimate of drug-likeness (QED) is 0.839. The highest BCUT2D eigenvalue weighted by atomic mass is 16.5. The lowest BCUT2D eigenvalue weighted by Gasteiger charge is -2.26. The highest BCUT2D eigenvalue weighted by Crippen LogP contribution is 2.17. The van der Waals surface area contributed by atoms with E-state index in [4.69, 9.17) is 4.74 Å². The van der Waals surface area contributed by atoms with Crippen LogP contribution in [0, 0.1) is 0 Å². The minimum absolute atomic E-state index is 0.0975. The van der Waals surface area contributed by atoms with Crippen LogP contribution in [0.2, 0.25) is 0 Å². The molecule has 0 radical (unpaired) electrons. The molecular weight excluding hydrogens is 256 g/mol. The van der Waals surface area contributed by atoms with Crippen LogP contribution in [0.25, 0.3) is 0 Å². The average Bonchev–Trinajstić information content (AvgIpc) is 2.90. The highest BCUT2D eigenvalue weighted by Gasteiger charge is 2.31. The summed E-state index contributed by atoms with van der Waals surface area (Å²) in [6.45, 7) is 3.83. The summed E-state index contributed by atoms with van der Waals surface area (Å²) in [6.07, 6.45) is 0.418. The Morgan fingerprint density at radius 3 is 2.95 bits per heavy atom. The molecular formula is C15H22N2O3. The summed E-state index contributed by atoms with van der Waals surface area (Å²) in [7, 11) is 1.72. The van der Waals surface area contributed by atoms with Crippen molar-refractivity contribution in [3.8, 4) is 5.75 Å². The molecule has 1 fully saturated rings. The van der Waals surface area contributed by atoms with Crippen LogP contribution in [0.1, 0.15) is 23.7 Å². The number of carbonyl (C=O) groups is 1. The largest absolute Gasteiger partial charge is 0.494 e. The van der Waals surface area contributed by atoms with Gasteiger partial charge in [0.15, 0.2) is 0 Å². The van der Waals surface area contributed by atoms with Crippen molar-refractivity contribution in [1.82, 2.24) is 10.2 Å². The van der Waals surface area contributed by atoms with Gasteiger partial charge in [0.25, 0.3) is 5.91 Å². The van der Waals surface area contributed by atoms with Crippen LogP contribution in [-0.4, -0.2) is 54.8 Å². The van der Waals surface area contributed by atoms with Gasteiger partial charge in [-0.05, 0) is 24.6 Å². The second-order valence-corrected chi connectivity index (χ2v) is 5.09. The fourth-order valence-electron chi connectivity index (χ4n) is 2.34. The Kier molecular flexibility index (Phi) is 4.98. The van der Waals surface area contributed by atoms with Crippen molar-refractivity contribution in [3.05, 3.63) is 29.8 Å². The van der Waals surface area contributed by atoms with Gasteiger partial charge >= 0.3 is 0 Å². The molecule has 5 nitrogen and oxygen atoms in total. The molecule has 0 aromatic heterocycles. The maximum Gasteiger partial charge on any atom is 0.254 e.